The second-order valence-electron chi connectivity index (χ2n) is 9.57. The topological polar surface area (TPSA) is 146 Å². The molecule has 1 amide bonds. The van der Waals surface area contributed by atoms with Crippen LogP contribution in [0.25, 0.3) is 10.9 Å². The van der Waals surface area contributed by atoms with Gasteiger partial charge in [-0.1, -0.05) is 19.1 Å². The predicted octanol–water partition coefficient (Wildman–Crippen LogP) is 2.39. The number of pyridine rings is 1. The number of H-pyrrole nitrogens is 1. The van der Waals surface area contributed by atoms with Crippen molar-refractivity contribution in [3.63, 3.8) is 0 Å². The van der Waals surface area contributed by atoms with Crippen molar-refractivity contribution < 1.29 is 13.2 Å². The van der Waals surface area contributed by atoms with E-state index >= 15 is 0 Å². The van der Waals surface area contributed by atoms with E-state index in [1.54, 1.807) is 29.6 Å². The molecule has 194 valence electrons. The summed E-state index contributed by atoms with van der Waals surface area (Å²) in [7, 11) is -4.03. The van der Waals surface area contributed by atoms with Gasteiger partial charge in [0, 0.05) is 49.7 Å². The van der Waals surface area contributed by atoms with Crippen LogP contribution in [0.3, 0.4) is 0 Å². The van der Waals surface area contributed by atoms with Crippen LogP contribution >= 0.6 is 0 Å². The van der Waals surface area contributed by atoms with Gasteiger partial charge >= 0.3 is 0 Å². The number of piperidine rings is 1. The van der Waals surface area contributed by atoms with Gasteiger partial charge in [0.2, 0.25) is 15.9 Å². The maximum absolute atomic E-state index is 13.7. The van der Waals surface area contributed by atoms with Gasteiger partial charge in [0.1, 0.15) is 10.9 Å². The second kappa shape index (κ2) is 11.4. The molecule has 11 heteroatoms. The third-order valence-corrected chi connectivity index (χ3v) is 8.19. The zero-order valence-corrected chi connectivity index (χ0v) is 21.6. The molecule has 5 N–H and O–H groups in total. The van der Waals surface area contributed by atoms with Gasteiger partial charge in [-0.15, -0.1) is 0 Å². The van der Waals surface area contributed by atoms with E-state index in [0.717, 1.165) is 23.8 Å². The monoisotopic (exact) mass is 513 g/mol. The summed E-state index contributed by atoms with van der Waals surface area (Å²) in [6.07, 6.45) is 7.57. The fourth-order valence-electron chi connectivity index (χ4n) is 4.78. The smallest absolute Gasteiger partial charge is 0.243 e. The van der Waals surface area contributed by atoms with Crippen LogP contribution in [0.4, 0.5) is 5.95 Å². The highest BCUT2D eigenvalue weighted by Gasteiger charge is 2.35. The average Bonchev–Trinajstić information content (AvgIpc) is 3.38. The van der Waals surface area contributed by atoms with Gasteiger partial charge in [-0.05, 0) is 56.2 Å². The Bertz CT molecular complexity index is 1280. The molecule has 1 fully saturated rings. The van der Waals surface area contributed by atoms with Gasteiger partial charge < -0.3 is 20.9 Å². The number of likely N-dealkylation sites (tertiary alicyclic amines) is 1. The highest BCUT2D eigenvalue weighted by Crippen LogP contribution is 2.25. The lowest BCUT2D eigenvalue weighted by Gasteiger charge is -2.39. The van der Waals surface area contributed by atoms with Crippen molar-refractivity contribution in [2.75, 3.05) is 25.0 Å². The van der Waals surface area contributed by atoms with Gasteiger partial charge in [-0.2, -0.15) is 4.72 Å². The van der Waals surface area contributed by atoms with Crippen LogP contribution in [0, 0.1) is 12.8 Å². The minimum Gasteiger partial charge on any atom is -0.356 e. The third-order valence-electron chi connectivity index (χ3n) is 6.69. The molecule has 0 radical (unpaired) electrons. The predicted molar refractivity (Wildman–Crippen MR) is 140 cm³/mol. The molecule has 1 aliphatic rings. The molecule has 1 aliphatic heterocycles. The highest BCUT2D eigenvalue weighted by atomic mass is 32.2. The van der Waals surface area contributed by atoms with E-state index in [1.807, 2.05) is 19.1 Å². The van der Waals surface area contributed by atoms with Crippen LogP contribution < -0.4 is 15.8 Å². The van der Waals surface area contributed by atoms with Crippen molar-refractivity contribution in [3.05, 3.63) is 48.4 Å². The van der Waals surface area contributed by atoms with Gasteiger partial charge in [0.05, 0.1) is 5.52 Å². The van der Waals surface area contributed by atoms with Crippen LogP contribution in [0.2, 0.25) is 0 Å². The van der Waals surface area contributed by atoms with E-state index < -0.39 is 16.1 Å². The van der Waals surface area contributed by atoms with Crippen LogP contribution in [0.5, 0.6) is 0 Å². The number of aromatic nitrogens is 3. The first-order valence-corrected chi connectivity index (χ1v) is 13.9. The summed E-state index contributed by atoms with van der Waals surface area (Å²) in [5.74, 6) is 0.868. The number of hydrogen-bond acceptors (Lipinski definition) is 7. The van der Waals surface area contributed by atoms with E-state index in [9.17, 15) is 13.2 Å². The van der Waals surface area contributed by atoms with Crippen molar-refractivity contribution in [1.29, 1.82) is 0 Å². The summed E-state index contributed by atoms with van der Waals surface area (Å²) in [6.45, 7) is 5.51. The number of nitrogens with zero attached hydrogens (tertiary/aromatic N) is 3. The maximum Gasteiger partial charge on any atom is 0.243 e. The average molecular weight is 514 g/mol. The van der Waals surface area contributed by atoms with Gasteiger partial charge in [-0.3, -0.25) is 9.78 Å². The molecule has 3 aromatic rings. The number of fused-ring (bicyclic) bond motifs is 1. The van der Waals surface area contributed by atoms with E-state index in [4.69, 9.17) is 5.73 Å². The zero-order chi connectivity index (χ0) is 25.7. The van der Waals surface area contributed by atoms with Crippen LogP contribution in [0.15, 0.2) is 47.8 Å². The van der Waals surface area contributed by atoms with Gasteiger partial charge in [-0.25, -0.2) is 13.4 Å². The first-order chi connectivity index (χ1) is 17.3. The second-order valence-corrected chi connectivity index (χ2v) is 11.3. The molecule has 0 spiro atoms. The Balaban J connectivity index is 1.57. The van der Waals surface area contributed by atoms with Crippen LogP contribution in [-0.2, 0) is 14.8 Å². The minimum absolute atomic E-state index is 0.0640. The molecular weight excluding hydrogens is 478 g/mol. The van der Waals surface area contributed by atoms with Crippen molar-refractivity contribution in [1.82, 2.24) is 24.6 Å². The van der Waals surface area contributed by atoms with E-state index in [1.165, 1.54) is 6.07 Å². The third kappa shape index (κ3) is 6.03. The maximum atomic E-state index is 13.7. The standard InChI is InChI=1S/C25H35N7O3S/c1-17-8-12-32(20(14-17)15-26)24(33)21(6-4-9-27-25-28-10-11-29-25)31-36(34,35)22-7-3-5-19-13-18(2)16-30-23(19)22/h3,5,7,10-11,13,16-17,20-21,31H,4,6,8-9,12,14-15,26H2,1-2H3,(H2,27,28,29)/t17?,20?,21-/m0/s1. The Morgan fingerprint density at radius 2 is 2.17 bits per heavy atom. The fraction of sp³-hybridized carbons (Fsp3) is 0.480. The Morgan fingerprint density at radius 3 is 2.92 bits per heavy atom. The fourth-order valence-corrected chi connectivity index (χ4v) is 6.19. The number of anilines is 1. The molecule has 0 saturated carbocycles. The number of hydrogen-bond donors (Lipinski definition) is 4. The van der Waals surface area contributed by atoms with Gasteiger partial charge in [0.25, 0.3) is 0 Å². The Labute approximate surface area is 212 Å². The lowest BCUT2D eigenvalue weighted by Crippen LogP contribution is -2.56. The number of aromatic amines is 1. The van der Waals surface area contributed by atoms with Crippen LogP contribution in [0.1, 0.15) is 38.2 Å². The van der Waals surface area contributed by atoms with Crippen molar-refractivity contribution in [2.24, 2.45) is 11.7 Å². The number of carbonyl (C=O) groups is 1. The molecule has 0 bridgehead atoms. The largest absolute Gasteiger partial charge is 0.356 e. The number of imidazole rings is 1. The molecule has 3 heterocycles. The van der Waals surface area contributed by atoms with Gasteiger partial charge in [0.15, 0.2) is 5.95 Å². The SMILES string of the molecule is Cc1cnc2c(S(=O)(=O)N[C@@H](CCCNc3ncc[nH]3)C(=O)N3CCC(C)CC3CN)cccc2c1. The Morgan fingerprint density at radius 1 is 1.33 bits per heavy atom. The molecule has 2 aromatic heterocycles. The number of carbonyl (C=O) groups excluding carboxylic acids is 1. The number of aryl methyl sites for hydroxylation is 1. The molecule has 4 rings (SSSR count). The molecule has 0 aliphatic carbocycles. The number of sulfonamides is 1. The number of nitrogens with two attached hydrogens (primary N) is 1. The summed E-state index contributed by atoms with van der Waals surface area (Å²) in [5, 5.41) is 3.88. The normalized spacial score (nSPS) is 19.4. The summed E-state index contributed by atoms with van der Waals surface area (Å²) in [6, 6.07) is 5.92. The highest BCUT2D eigenvalue weighted by molar-refractivity contribution is 7.89. The summed E-state index contributed by atoms with van der Waals surface area (Å²) < 4.78 is 29.9. The van der Waals surface area contributed by atoms with E-state index in [2.05, 4.69) is 31.9 Å². The summed E-state index contributed by atoms with van der Waals surface area (Å²) in [5.41, 5.74) is 7.32. The number of para-hydroxylation sites is 1. The van der Waals surface area contributed by atoms with Crippen molar-refractivity contribution in [3.8, 4) is 0 Å². The van der Waals surface area contributed by atoms with E-state index in [0.29, 0.717) is 49.9 Å². The first-order valence-electron chi connectivity index (χ1n) is 12.4. The molecule has 2 unspecified atom stereocenters. The van der Waals surface area contributed by atoms with Crippen molar-refractivity contribution >= 4 is 32.8 Å². The molecule has 1 aromatic carbocycles. The Hall–Kier alpha value is -3.02. The van der Waals surface area contributed by atoms with Crippen LogP contribution in [-0.4, -0.2) is 65.9 Å². The molecule has 36 heavy (non-hydrogen) atoms. The summed E-state index contributed by atoms with van der Waals surface area (Å²) in [4.78, 5) is 27.0. The zero-order valence-electron chi connectivity index (χ0n) is 20.8. The number of nitrogens with one attached hydrogen (secondary N) is 3. The number of amides is 1. The lowest BCUT2D eigenvalue weighted by atomic mass is 9.91. The Kier molecular flexibility index (Phi) is 8.22. The number of rotatable bonds is 10. The van der Waals surface area contributed by atoms with E-state index in [-0.39, 0.29) is 16.8 Å². The molecule has 3 atom stereocenters. The quantitative estimate of drug-likeness (QED) is 0.304. The lowest BCUT2D eigenvalue weighted by molar-refractivity contribution is -0.137. The number of benzene rings is 1. The molecular formula is C25H35N7O3S. The summed E-state index contributed by atoms with van der Waals surface area (Å²) >= 11 is 0. The molecule has 1 saturated heterocycles. The first kappa shape index (κ1) is 26.1. The molecule has 10 nitrogen and oxygen atoms in total. The minimum atomic E-state index is -4.03. The van der Waals surface area contributed by atoms with Crippen molar-refractivity contribution in [2.45, 2.75) is 56.5 Å².